The Morgan fingerprint density at radius 3 is 2.28 bits per heavy atom. The number of aryl methyl sites for hydroxylation is 1. The van der Waals surface area contributed by atoms with Crippen molar-refractivity contribution in [2.24, 2.45) is 0 Å². The van der Waals surface area contributed by atoms with Crippen molar-refractivity contribution in [1.29, 1.82) is 0 Å². The maximum absolute atomic E-state index is 8.73. The highest BCUT2D eigenvalue weighted by Crippen LogP contribution is 2.13. The summed E-state index contributed by atoms with van der Waals surface area (Å²) in [6.07, 6.45) is 9.46. The quantitative estimate of drug-likeness (QED) is 0.605. The Morgan fingerprint density at radius 1 is 0.920 bits per heavy atom. The second-order valence-electron chi connectivity index (χ2n) is 5.93. The van der Waals surface area contributed by atoms with Crippen LogP contribution in [0.4, 0.5) is 0 Å². The van der Waals surface area contributed by atoms with E-state index in [9.17, 15) is 0 Å². The number of aliphatic hydroxyl groups excluding tert-OH is 1. The zero-order valence-electron chi connectivity index (χ0n) is 14.7. The lowest BCUT2D eigenvalue weighted by atomic mass is 10.1. The highest BCUT2D eigenvalue weighted by atomic mass is 16.5. The summed E-state index contributed by atoms with van der Waals surface area (Å²) in [4.78, 5) is 0. The highest BCUT2D eigenvalue weighted by molar-refractivity contribution is 5.49. The van der Waals surface area contributed by atoms with Crippen LogP contribution in [0.3, 0.4) is 0 Å². The van der Waals surface area contributed by atoms with Crippen LogP contribution < -0.4 is 4.74 Å². The van der Waals surface area contributed by atoms with Gasteiger partial charge in [-0.1, -0.05) is 24.2 Å². The van der Waals surface area contributed by atoms with Gasteiger partial charge in [-0.15, -0.1) is 6.42 Å². The number of ether oxygens (including phenoxy) is 1. The summed E-state index contributed by atoms with van der Waals surface area (Å²) in [7, 11) is 0. The van der Waals surface area contributed by atoms with Crippen LogP contribution in [0.25, 0.3) is 0 Å². The average molecular weight is 332 g/mol. The molecular formula is C23H24O2. The van der Waals surface area contributed by atoms with Gasteiger partial charge >= 0.3 is 0 Å². The van der Waals surface area contributed by atoms with E-state index in [0.717, 1.165) is 53.7 Å². The van der Waals surface area contributed by atoms with Gasteiger partial charge in [0.1, 0.15) is 5.75 Å². The van der Waals surface area contributed by atoms with E-state index in [1.807, 2.05) is 49.4 Å². The Kier molecular flexibility index (Phi) is 7.64. The van der Waals surface area contributed by atoms with Gasteiger partial charge in [-0.05, 0) is 74.2 Å². The molecular weight excluding hydrogens is 308 g/mol. The molecule has 0 atom stereocenters. The summed E-state index contributed by atoms with van der Waals surface area (Å²) in [5, 5.41) is 8.73. The Balaban J connectivity index is 1.86. The Labute approximate surface area is 150 Å². The van der Waals surface area contributed by atoms with Crippen molar-refractivity contribution in [3.63, 3.8) is 0 Å². The molecule has 25 heavy (non-hydrogen) atoms. The molecule has 2 nitrogen and oxygen atoms in total. The van der Waals surface area contributed by atoms with E-state index >= 15 is 0 Å². The summed E-state index contributed by atoms with van der Waals surface area (Å²) < 4.78 is 5.72. The maximum Gasteiger partial charge on any atom is 0.119 e. The first-order chi connectivity index (χ1) is 12.2. The number of unbranched alkanes of at least 4 members (excludes halogenated alkanes) is 3. The number of benzene rings is 2. The molecule has 0 aliphatic rings. The molecule has 2 heteroatoms. The highest BCUT2D eigenvalue weighted by Gasteiger charge is 1.97. The third-order valence-electron chi connectivity index (χ3n) is 3.91. The fourth-order valence-electron chi connectivity index (χ4n) is 2.44. The van der Waals surface area contributed by atoms with Crippen molar-refractivity contribution in [2.45, 2.75) is 32.6 Å². The molecule has 0 saturated carbocycles. The third kappa shape index (κ3) is 6.38. The second-order valence-corrected chi connectivity index (χ2v) is 5.93. The first kappa shape index (κ1) is 18.7. The molecule has 0 aliphatic heterocycles. The standard InChI is InChI=1S/C23H24O2/c1-3-22-13-10-21(18-19(22)2)9-8-20-11-14-23(15-12-20)25-17-7-5-4-6-16-24/h1,10-15,18,24H,4-7,16-17H2,2H3. The fraction of sp³-hybridized carbons (Fsp3) is 0.304. The Hall–Kier alpha value is -2.68. The first-order valence-corrected chi connectivity index (χ1v) is 8.66. The minimum absolute atomic E-state index is 0.275. The summed E-state index contributed by atoms with van der Waals surface area (Å²) in [5.41, 5.74) is 3.88. The molecule has 0 heterocycles. The largest absolute Gasteiger partial charge is 0.494 e. The summed E-state index contributed by atoms with van der Waals surface area (Å²) in [6.45, 7) is 2.98. The van der Waals surface area contributed by atoms with E-state index in [0.29, 0.717) is 6.61 Å². The van der Waals surface area contributed by atoms with Gasteiger partial charge in [0.25, 0.3) is 0 Å². The lowest BCUT2D eigenvalue weighted by Crippen LogP contribution is -1.97. The Morgan fingerprint density at radius 2 is 1.60 bits per heavy atom. The molecule has 0 amide bonds. The van der Waals surface area contributed by atoms with Gasteiger partial charge in [0.2, 0.25) is 0 Å². The number of hydrogen-bond donors (Lipinski definition) is 1. The number of aliphatic hydroxyl groups is 1. The van der Waals surface area contributed by atoms with Crippen LogP contribution in [-0.4, -0.2) is 18.3 Å². The first-order valence-electron chi connectivity index (χ1n) is 8.66. The predicted octanol–water partition coefficient (Wildman–Crippen LogP) is 4.31. The van der Waals surface area contributed by atoms with Gasteiger partial charge < -0.3 is 9.84 Å². The van der Waals surface area contributed by atoms with E-state index in [1.54, 1.807) is 0 Å². The molecule has 128 valence electrons. The van der Waals surface area contributed by atoms with E-state index in [-0.39, 0.29) is 6.61 Å². The third-order valence-corrected chi connectivity index (χ3v) is 3.91. The fourth-order valence-corrected chi connectivity index (χ4v) is 2.44. The summed E-state index contributed by atoms with van der Waals surface area (Å²) in [5.74, 6) is 9.85. The zero-order chi connectivity index (χ0) is 17.9. The van der Waals surface area contributed by atoms with Crippen LogP contribution >= 0.6 is 0 Å². The SMILES string of the molecule is C#Cc1ccc(C#Cc2ccc(OCCCCCCO)cc2)cc1C. The predicted molar refractivity (Wildman–Crippen MR) is 103 cm³/mol. The van der Waals surface area contributed by atoms with Crippen molar-refractivity contribution in [3.8, 4) is 29.9 Å². The lowest BCUT2D eigenvalue weighted by molar-refractivity contribution is 0.273. The van der Waals surface area contributed by atoms with Crippen LogP contribution in [0.2, 0.25) is 0 Å². The molecule has 2 aromatic rings. The number of rotatable bonds is 7. The molecule has 0 fully saturated rings. The van der Waals surface area contributed by atoms with Crippen LogP contribution in [0, 0.1) is 31.1 Å². The molecule has 0 spiro atoms. The van der Waals surface area contributed by atoms with Crippen LogP contribution in [0.5, 0.6) is 5.75 Å². The number of hydrogen-bond acceptors (Lipinski definition) is 2. The van der Waals surface area contributed by atoms with Crippen molar-refractivity contribution in [3.05, 3.63) is 64.7 Å². The van der Waals surface area contributed by atoms with Gasteiger partial charge in [-0.25, -0.2) is 0 Å². The van der Waals surface area contributed by atoms with E-state index in [4.69, 9.17) is 16.3 Å². The molecule has 0 radical (unpaired) electrons. The molecule has 2 aromatic carbocycles. The maximum atomic E-state index is 8.73. The van der Waals surface area contributed by atoms with Crippen molar-refractivity contribution < 1.29 is 9.84 Å². The average Bonchev–Trinajstić information content (AvgIpc) is 2.64. The molecule has 0 aliphatic carbocycles. The second kappa shape index (κ2) is 10.2. The van der Waals surface area contributed by atoms with Gasteiger partial charge in [-0.3, -0.25) is 0 Å². The van der Waals surface area contributed by atoms with Crippen LogP contribution in [0.15, 0.2) is 42.5 Å². The summed E-state index contributed by atoms with van der Waals surface area (Å²) in [6, 6.07) is 13.7. The molecule has 0 bridgehead atoms. The monoisotopic (exact) mass is 332 g/mol. The number of terminal acetylenes is 1. The van der Waals surface area contributed by atoms with E-state index < -0.39 is 0 Å². The molecule has 0 saturated heterocycles. The molecule has 0 unspecified atom stereocenters. The molecule has 1 N–H and O–H groups in total. The van der Waals surface area contributed by atoms with Gasteiger partial charge in [0, 0.05) is 23.3 Å². The lowest BCUT2D eigenvalue weighted by Gasteiger charge is -2.05. The van der Waals surface area contributed by atoms with Crippen molar-refractivity contribution in [1.82, 2.24) is 0 Å². The van der Waals surface area contributed by atoms with Gasteiger partial charge in [0.15, 0.2) is 0 Å². The zero-order valence-corrected chi connectivity index (χ0v) is 14.7. The van der Waals surface area contributed by atoms with Crippen molar-refractivity contribution in [2.75, 3.05) is 13.2 Å². The molecule has 2 rings (SSSR count). The van der Waals surface area contributed by atoms with Gasteiger partial charge in [-0.2, -0.15) is 0 Å². The van der Waals surface area contributed by atoms with Gasteiger partial charge in [0.05, 0.1) is 6.61 Å². The minimum Gasteiger partial charge on any atom is -0.494 e. The topological polar surface area (TPSA) is 29.5 Å². The molecule has 0 aromatic heterocycles. The van der Waals surface area contributed by atoms with E-state index in [1.165, 1.54) is 0 Å². The van der Waals surface area contributed by atoms with E-state index in [2.05, 4.69) is 17.8 Å². The minimum atomic E-state index is 0.275. The summed E-state index contributed by atoms with van der Waals surface area (Å²) >= 11 is 0. The normalized spacial score (nSPS) is 9.80. The van der Waals surface area contributed by atoms with Crippen LogP contribution in [-0.2, 0) is 0 Å². The smallest absolute Gasteiger partial charge is 0.119 e. The Bertz CT molecular complexity index is 770. The van der Waals surface area contributed by atoms with Crippen LogP contribution in [0.1, 0.15) is 47.9 Å². The van der Waals surface area contributed by atoms with Crippen molar-refractivity contribution >= 4 is 0 Å².